The van der Waals surface area contributed by atoms with Crippen LogP contribution >= 0.6 is 0 Å². The third-order valence-corrected chi connectivity index (χ3v) is 6.10. The number of aliphatic hydroxyl groups excluding tert-OH is 1. The van der Waals surface area contributed by atoms with Gasteiger partial charge < -0.3 is 19.3 Å². The number of rotatable bonds is 6. The van der Waals surface area contributed by atoms with E-state index in [4.69, 9.17) is 14.2 Å². The zero-order chi connectivity index (χ0) is 24.5. The van der Waals surface area contributed by atoms with Crippen LogP contribution in [0.25, 0.3) is 5.76 Å². The fourth-order valence-corrected chi connectivity index (χ4v) is 4.41. The van der Waals surface area contributed by atoms with Crippen molar-refractivity contribution in [3.8, 4) is 17.2 Å². The van der Waals surface area contributed by atoms with Gasteiger partial charge in [0.05, 0.1) is 18.2 Å². The molecule has 2 aliphatic rings. The Hall–Kier alpha value is -4.26. The van der Waals surface area contributed by atoms with Crippen LogP contribution in [0.2, 0.25) is 0 Å². The summed E-state index contributed by atoms with van der Waals surface area (Å²) in [4.78, 5) is 28.0. The summed E-state index contributed by atoms with van der Waals surface area (Å²) >= 11 is 0. The number of benzene rings is 3. The van der Waals surface area contributed by atoms with Gasteiger partial charge in [-0.3, -0.25) is 14.5 Å². The first-order valence-electron chi connectivity index (χ1n) is 11.5. The predicted molar refractivity (Wildman–Crippen MR) is 131 cm³/mol. The number of aliphatic hydroxyl groups is 1. The summed E-state index contributed by atoms with van der Waals surface area (Å²) in [6, 6.07) is 18.7. The Kier molecular flexibility index (Phi) is 5.91. The molecule has 1 unspecified atom stereocenters. The molecule has 3 aromatic carbocycles. The van der Waals surface area contributed by atoms with Crippen LogP contribution in [0, 0.1) is 6.92 Å². The van der Waals surface area contributed by atoms with Crippen LogP contribution in [0.1, 0.15) is 36.1 Å². The Morgan fingerprint density at radius 3 is 2.54 bits per heavy atom. The standard InChI is InChI=1S/C28H25NO6/c1-3-13-33-21-11-9-19(14-17(21)2)26(30)24-25(18-7-5-4-6-8-18)29(28(32)27(24)31)20-10-12-22-23(15-20)35-16-34-22/h4-12,14-15,25,30H,3,13,16H2,1-2H3/b26-24+. The van der Waals surface area contributed by atoms with Crippen LogP contribution in [0.15, 0.2) is 72.3 Å². The largest absolute Gasteiger partial charge is 0.507 e. The van der Waals surface area contributed by atoms with Crippen molar-refractivity contribution in [2.75, 3.05) is 18.3 Å². The Balaban J connectivity index is 1.63. The number of ketones is 1. The third kappa shape index (κ3) is 3.99. The van der Waals surface area contributed by atoms with Gasteiger partial charge in [-0.25, -0.2) is 0 Å². The van der Waals surface area contributed by atoms with E-state index in [-0.39, 0.29) is 18.1 Å². The number of anilines is 1. The number of amides is 1. The first-order chi connectivity index (χ1) is 17.0. The van der Waals surface area contributed by atoms with Gasteiger partial charge in [0.25, 0.3) is 11.7 Å². The smallest absolute Gasteiger partial charge is 0.300 e. The number of aryl methyl sites for hydroxylation is 1. The number of carbonyl (C=O) groups is 2. The van der Waals surface area contributed by atoms with E-state index in [0.29, 0.717) is 40.7 Å². The van der Waals surface area contributed by atoms with Gasteiger partial charge in [-0.2, -0.15) is 0 Å². The van der Waals surface area contributed by atoms with E-state index in [0.717, 1.165) is 12.0 Å². The lowest BCUT2D eigenvalue weighted by Gasteiger charge is -2.25. The van der Waals surface area contributed by atoms with Gasteiger partial charge >= 0.3 is 0 Å². The molecule has 3 aromatic rings. The Morgan fingerprint density at radius 1 is 1.03 bits per heavy atom. The lowest BCUT2D eigenvalue weighted by atomic mass is 9.94. The molecule has 1 saturated heterocycles. The van der Waals surface area contributed by atoms with E-state index in [2.05, 4.69) is 0 Å². The number of ether oxygens (including phenoxy) is 3. The fourth-order valence-electron chi connectivity index (χ4n) is 4.41. The highest BCUT2D eigenvalue weighted by molar-refractivity contribution is 6.51. The second kappa shape index (κ2) is 9.18. The average molecular weight is 472 g/mol. The van der Waals surface area contributed by atoms with Crippen molar-refractivity contribution in [3.05, 3.63) is 89.0 Å². The van der Waals surface area contributed by atoms with E-state index < -0.39 is 17.7 Å². The molecular weight excluding hydrogens is 446 g/mol. The number of Topliss-reactive ketones (excluding diaryl/α,β-unsaturated/α-hetero) is 1. The van der Waals surface area contributed by atoms with E-state index in [1.54, 1.807) is 36.4 Å². The number of fused-ring (bicyclic) bond motifs is 1. The molecule has 0 saturated carbocycles. The van der Waals surface area contributed by atoms with Crippen molar-refractivity contribution >= 4 is 23.1 Å². The molecular formula is C28H25NO6. The maximum atomic E-state index is 13.3. The lowest BCUT2D eigenvalue weighted by Crippen LogP contribution is -2.29. The topological polar surface area (TPSA) is 85.3 Å². The normalized spacial score (nSPS) is 18.2. The van der Waals surface area contributed by atoms with Crippen molar-refractivity contribution in [2.24, 2.45) is 0 Å². The van der Waals surface area contributed by atoms with Crippen molar-refractivity contribution < 1.29 is 28.9 Å². The first kappa shape index (κ1) is 22.5. The average Bonchev–Trinajstić information content (AvgIpc) is 3.45. The minimum Gasteiger partial charge on any atom is -0.507 e. The van der Waals surface area contributed by atoms with Gasteiger partial charge in [-0.05, 0) is 54.8 Å². The summed E-state index contributed by atoms with van der Waals surface area (Å²) in [5, 5.41) is 11.3. The molecule has 7 nitrogen and oxygen atoms in total. The zero-order valence-electron chi connectivity index (χ0n) is 19.5. The molecule has 7 heteroatoms. The fraction of sp³-hybridized carbons (Fsp3) is 0.214. The highest BCUT2D eigenvalue weighted by Crippen LogP contribution is 2.45. The van der Waals surface area contributed by atoms with Gasteiger partial charge in [0, 0.05) is 17.3 Å². The van der Waals surface area contributed by atoms with Crippen LogP contribution < -0.4 is 19.1 Å². The molecule has 0 aromatic heterocycles. The summed E-state index contributed by atoms with van der Waals surface area (Å²) < 4.78 is 16.6. The molecule has 1 fully saturated rings. The van der Waals surface area contributed by atoms with Crippen molar-refractivity contribution in [2.45, 2.75) is 26.3 Å². The summed E-state index contributed by atoms with van der Waals surface area (Å²) in [6.45, 7) is 4.58. The highest BCUT2D eigenvalue weighted by atomic mass is 16.7. The number of nitrogens with zero attached hydrogens (tertiary/aromatic N) is 1. The Labute approximate surface area is 203 Å². The van der Waals surface area contributed by atoms with Gasteiger partial charge in [-0.15, -0.1) is 0 Å². The number of hydrogen-bond acceptors (Lipinski definition) is 6. The van der Waals surface area contributed by atoms with E-state index in [9.17, 15) is 14.7 Å². The minimum absolute atomic E-state index is 0.0282. The first-order valence-corrected chi connectivity index (χ1v) is 11.5. The molecule has 0 bridgehead atoms. The molecule has 35 heavy (non-hydrogen) atoms. The Bertz CT molecular complexity index is 1330. The highest BCUT2D eigenvalue weighted by Gasteiger charge is 2.47. The summed E-state index contributed by atoms with van der Waals surface area (Å²) in [5.41, 5.74) is 2.47. The quantitative estimate of drug-likeness (QED) is 0.304. The number of hydrogen-bond donors (Lipinski definition) is 1. The maximum Gasteiger partial charge on any atom is 0.300 e. The van der Waals surface area contributed by atoms with E-state index in [1.165, 1.54) is 4.90 Å². The van der Waals surface area contributed by atoms with Gasteiger partial charge in [0.2, 0.25) is 6.79 Å². The molecule has 178 valence electrons. The summed E-state index contributed by atoms with van der Waals surface area (Å²) in [6.07, 6.45) is 0.877. The van der Waals surface area contributed by atoms with Gasteiger partial charge in [0.1, 0.15) is 11.5 Å². The second-order valence-corrected chi connectivity index (χ2v) is 8.45. The monoisotopic (exact) mass is 471 g/mol. The second-order valence-electron chi connectivity index (χ2n) is 8.45. The molecule has 0 radical (unpaired) electrons. The Morgan fingerprint density at radius 2 is 1.80 bits per heavy atom. The molecule has 1 amide bonds. The number of carbonyl (C=O) groups excluding carboxylic acids is 2. The SMILES string of the molecule is CCCOc1ccc(/C(O)=C2\C(=O)C(=O)N(c3ccc4c(c3)OCO4)C2c2ccccc2)cc1C. The predicted octanol–water partition coefficient (Wildman–Crippen LogP) is 5.14. The van der Waals surface area contributed by atoms with Gasteiger partial charge in [-0.1, -0.05) is 37.3 Å². The third-order valence-electron chi connectivity index (χ3n) is 6.10. The zero-order valence-corrected chi connectivity index (χ0v) is 19.5. The van der Waals surface area contributed by atoms with E-state index >= 15 is 0 Å². The summed E-state index contributed by atoms with van der Waals surface area (Å²) in [7, 11) is 0. The van der Waals surface area contributed by atoms with Crippen LogP contribution in [0.5, 0.6) is 17.2 Å². The summed E-state index contributed by atoms with van der Waals surface area (Å²) in [5.74, 6) is 0.0724. The molecule has 5 rings (SSSR count). The van der Waals surface area contributed by atoms with Crippen LogP contribution in [-0.4, -0.2) is 30.2 Å². The van der Waals surface area contributed by atoms with Crippen molar-refractivity contribution in [3.63, 3.8) is 0 Å². The maximum absolute atomic E-state index is 13.3. The molecule has 2 heterocycles. The van der Waals surface area contributed by atoms with Crippen LogP contribution in [0.4, 0.5) is 5.69 Å². The molecule has 2 aliphatic heterocycles. The van der Waals surface area contributed by atoms with Crippen LogP contribution in [0.3, 0.4) is 0 Å². The molecule has 1 N–H and O–H groups in total. The van der Waals surface area contributed by atoms with Crippen molar-refractivity contribution in [1.29, 1.82) is 0 Å². The minimum atomic E-state index is -0.812. The van der Waals surface area contributed by atoms with E-state index in [1.807, 2.05) is 44.2 Å². The molecule has 0 aliphatic carbocycles. The molecule has 0 spiro atoms. The van der Waals surface area contributed by atoms with Gasteiger partial charge in [0.15, 0.2) is 11.5 Å². The van der Waals surface area contributed by atoms with Crippen LogP contribution in [-0.2, 0) is 9.59 Å². The molecule has 1 atom stereocenters. The van der Waals surface area contributed by atoms with Crippen molar-refractivity contribution in [1.82, 2.24) is 0 Å². The lowest BCUT2D eigenvalue weighted by molar-refractivity contribution is -0.132.